The predicted molar refractivity (Wildman–Crippen MR) is 90.0 cm³/mol. The van der Waals surface area contributed by atoms with Crippen LogP contribution in [0.3, 0.4) is 0 Å². The summed E-state index contributed by atoms with van der Waals surface area (Å²) < 4.78 is 5.13. The Balaban J connectivity index is 4.20. The quantitative estimate of drug-likeness (QED) is 0.216. The van der Waals surface area contributed by atoms with Crippen LogP contribution in [0.1, 0.15) is 84.5 Å². The van der Waals surface area contributed by atoms with E-state index in [1.54, 1.807) is 0 Å². The molecule has 23 heavy (non-hydrogen) atoms. The summed E-state index contributed by atoms with van der Waals surface area (Å²) in [7, 11) is 0. The van der Waals surface area contributed by atoms with E-state index in [9.17, 15) is 14.7 Å². The Labute approximate surface area is 139 Å². The molecule has 0 saturated heterocycles. The van der Waals surface area contributed by atoms with Crippen molar-refractivity contribution in [2.75, 3.05) is 0 Å². The van der Waals surface area contributed by atoms with E-state index in [0.717, 1.165) is 57.4 Å². The van der Waals surface area contributed by atoms with Gasteiger partial charge in [-0.05, 0) is 12.8 Å². The second kappa shape index (κ2) is 14.2. The average molecular weight is 328 g/mol. The van der Waals surface area contributed by atoms with Gasteiger partial charge in [-0.25, -0.2) is 4.79 Å². The molecule has 0 radical (unpaired) electrons. The van der Waals surface area contributed by atoms with E-state index in [1.807, 2.05) is 0 Å². The third-order valence-corrected chi connectivity index (χ3v) is 3.60. The van der Waals surface area contributed by atoms with E-state index in [2.05, 4.69) is 13.8 Å². The number of hydrogen-bond acceptors (Lipinski definition) is 4. The Hall–Kier alpha value is -1.36. The van der Waals surface area contributed by atoms with Crippen LogP contribution in [-0.4, -0.2) is 28.3 Å². The molecule has 1 unspecified atom stereocenters. The lowest BCUT2D eigenvalue weighted by atomic mass is 10.1. The van der Waals surface area contributed by atoms with Gasteiger partial charge in [-0.1, -0.05) is 58.8 Å². The number of carboxylic acids is 1. The Morgan fingerprint density at radius 3 is 2.22 bits per heavy atom. The molecule has 0 amide bonds. The number of aliphatic hydroxyl groups excluding tert-OH is 1. The number of unbranched alkanes of at least 4 members (excludes halogenated alkanes) is 6. The van der Waals surface area contributed by atoms with Gasteiger partial charge in [0, 0.05) is 6.42 Å². The molecule has 0 heterocycles. The van der Waals surface area contributed by atoms with Crippen molar-refractivity contribution in [3.63, 3.8) is 0 Å². The van der Waals surface area contributed by atoms with E-state index < -0.39 is 18.0 Å². The van der Waals surface area contributed by atoms with Crippen LogP contribution in [0.15, 0.2) is 11.8 Å². The maximum absolute atomic E-state index is 11.8. The molecule has 0 rings (SSSR count). The third-order valence-electron chi connectivity index (χ3n) is 3.60. The Kier molecular flexibility index (Phi) is 13.4. The van der Waals surface area contributed by atoms with Crippen molar-refractivity contribution in [2.24, 2.45) is 0 Å². The van der Waals surface area contributed by atoms with Crippen molar-refractivity contribution in [1.82, 2.24) is 0 Å². The minimum absolute atomic E-state index is 0.0868. The summed E-state index contributed by atoms with van der Waals surface area (Å²) in [6.45, 7) is 4.20. The second-order valence-corrected chi connectivity index (χ2v) is 5.94. The zero-order valence-electron chi connectivity index (χ0n) is 14.6. The van der Waals surface area contributed by atoms with Crippen LogP contribution in [0.4, 0.5) is 0 Å². The maximum atomic E-state index is 11.8. The molecule has 5 nitrogen and oxygen atoms in total. The first kappa shape index (κ1) is 21.6. The van der Waals surface area contributed by atoms with Gasteiger partial charge >= 0.3 is 11.9 Å². The van der Waals surface area contributed by atoms with E-state index >= 15 is 0 Å². The highest BCUT2D eigenvalue weighted by molar-refractivity contribution is 5.81. The normalized spacial score (nSPS) is 12.9. The molecule has 0 aliphatic heterocycles. The number of carbonyl (C=O) groups excluding carboxylic acids is 1. The molecule has 0 aromatic carbocycles. The van der Waals surface area contributed by atoms with Crippen LogP contribution in [0, 0.1) is 0 Å². The fourth-order valence-corrected chi connectivity index (χ4v) is 2.31. The minimum Gasteiger partial charge on any atom is -0.478 e. The second-order valence-electron chi connectivity index (χ2n) is 5.94. The summed E-state index contributed by atoms with van der Waals surface area (Å²) in [5.74, 6) is -1.50. The molecule has 0 aliphatic carbocycles. The zero-order chi connectivity index (χ0) is 17.5. The zero-order valence-corrected chi connectivity index (χ0v) is 14.6. The summed E-state index contributed by atoms with van der Waals surface area (Å²) in [5.41, 5.74) is 0. The summed E-state index contributed by atoms with van der Waals surface area (Å²) in [6, 6.07) is 0. The molecule has 5 heteroatoms. The molecule has 0 bridgehead atoms. The number of allylic oxidation sites excluding steroid dienone is 1. The largest absolute Gasteiger partial charge is 0.478 e. The van der Waals surface area contributed by atoms with Crippen LogP contribution >= 0.6 is 0 Å². The Bertz CT molecular complexity index is 362. The summed E-state index contributed by atoms with van der Waals surface area (Å²) in [6.07, 6.45) is 9.28. The van der Waals surface area contributed by atoms with Gasteiger partial charge in [0.25, 0.3) is 0 Å². The van der Waals surface area contributed by atoms with Gasteiger partial charge in [0.1, 0.15) is 5.76 Å². The molecular formula is C18H32O5. The lowest BCUT2D eigenvalue weighted by Gasteiger charge is -2.12. The van der Waals surface area contributed by atoms with Gasteiger partial charge in [0.05, 0.1) is 18.6 Å². The molecule has 134 valence electrons. The van der Waals surface area contributed by atoms with Gasteiger partial charge in [0.15, 0.2) is 0 Å². The van der Waals surface area contributed by atoms with Crippen LogP contribution in [0.2, 0.25) is 0 Å². The van der Waals surface area contributed by atoms with Crippen molar-refractivity contribution in [1.29, 1.82) is 0 Å². The van der Waals surface area contributed by atoms with Gasteiger partial charge < -0.3 is 14.9 Å². The number of aliphatic hydroxyl groups is 1. The fraction of sp³-hybridized carbons (Fsp3) is 0.778. The molecular weight excluding hydrogens is 296 g/mol. The van der Waals surface area contributed by atoms with E-state index in [-0.39, 0.29) is 12.2 Å². The average Bonchev–Trinajstić information content (AvgIpc) is 2.46. The number of rotatable bonds is 14. The molecule has 2 N–H and O–H groups in total. The highest BCUT2D eigenvalue weighted by Gasteiger charge is 2.14. The fourth-order valence-electron chi connectivity index (χ4n) is 2.31. The van der Waals surface area contributed by atoms with E-state index in [1.165, 1.54) is 0 Å². The lowest BCUT2D eigenvalue weighted by Crippen LogP contribution is -2.16. The van der Waals surface area contributed by atoms with Crippen LogP contribution in [0.25, 0.3) is 0 Å². The van der Waals surface area contributed by atoms with Crippen LogP contribution in [0.5, 0.6) is 0 Å². The van der Waals surface area contributed by atoms with Crippen molar-refractivity contribution in [2.45, 2.75) is 90.6 Å². The Morgan fingerprint density at radius 2 is 1.61 bits per heavy atom. The first-order valence-corrected chi connectivity index (χ1v) is 8.81. The molecule has 0 aliphatic rings. The monoisotopic (exact) mass is 328 g/mol. The number of hydrogen-bond donors (Lipinski definition) is 2. The number of carbonyl (C=O) groups is 2. The first-order valence-electron chi connectivity index (χ1n) is 8.81. The number of ether oxygens (including phenoxy) is 1. The van der Waals surface area contributed by atoms with Crippen molar-refractivity contribution < 1.29 is 24.5 Å². The number of esters is 1. The highest BCUT2D eigenvalue weighted by atomic mass is 16.5. The maximum Gasteiger partial charge on any atom is 0.331 e. The minimum atomic E-state index is -1.12. The number of aliphatic carboxylic acids is 1. The van der Waals surface area contributed by atoms with E-state index in [0.29, 0.717) is 12.8 Å². The summed E-state index contributed by atoms with van der Waals surface area (Å²) in [4.78, 5) is 22.6. The van der Waals surface area contributed by atoms with Crippen molar-refractivity contribution >= 4 is 11.9 Å². The van der Waals surface area contributed by atoms with Gasteiger partial charge in [-0.3, -0.25) is 4.79 Å². The lowest BCUT2D eigenvalue weighted by molar-refractivity contribution is -0.142. The molecule has 0 spiro atoms. The predicted octanol–water partition coefficient (Wildman–Crippen LogP) is 4.19. The number of carboxylic acid groups (broad SMARTS) is 1. The standard InChI is InChI=1S/C18H32O5/c1-3-5-7-8-10-12-16(14-17(20)21)23-18(22)13-15(19)11-9-6-4-2/h14-15,19H,3-13H2,1-2H3,(H,20,21). The molecule has 0 saturated carbocycles. The molecule has 0 aromatic rings. The molecule has 0 aromatic heterocycles. The van der Waals surface area contributed by atoms with Gasteiger partial charge in [0.2, 0.25) is 0 Å². The smallest absolute Gasteiger partial charge is 0.331 e. The summed E-state index contributed by atoms with van der Waals surface area (Å²) >= 11 is 0. The SMILES string of the molecule is CCCCCCCC(=CC(=O)O)OC(=O)CC(O)CCCCC. The van der Waals surface area contributed by atoms with Crippen LogP contribution in [-0.2, 0) is 14.3 Å². The Morgan fingerprint density at radius 1 is 1.00 bits per heavy atom. The van der Waals surface area contributed by atoms with E-state index in [4.69, 9.17) is 9.84 Å². The van der Waals surface area contributed by atoms with Gasteiger partial charge in [-0.15, -0.1) is 0 Å². The first-order chi connectivity index (χ1) is 11.0. The molecule has 0 fully saturated rings. The van der Waals surface area contributed by atoms with Crippen LogP contribution < -0.4 is 0 Å². The topological polar surface area (TPSA) is 83.8 Å². The molecule has 1 atom stereocenters. The summed E-state index contributed by atoms with van der Waals surface area (Å²) in [5, 5.41) is 18.6. The van der Waals surface area contributed by atoms with Crippen molar-refractivity contribution in [3.8, 4) is 0 Å². The van der Waals surface area contributed by atoms with Crippen molar-refractivity contribution in [3.05, 3.63) is 11.8 Å². The third kappa shape index (κ3) is 14.0. The van der Waals surface area contributed by atoms with Gasteiger partial charge in [-0.2, -0.15) is 0 Å². The highest BCUT2D eigenvalue weighted by Crippen LogP contribution is 2.15.